The van der Waals surface area contributed by atoms with Gasteiger partial charge >= 0.3 is 5.79 Å². The van der Waals surface area contributed by atoms with Crippen LogP contribution in [0.5, 0.6) is 0 Å². The Morgan fingerprint density at radius 2 is 1.55 bits per heavy atom. The van der Waals surface area contributed by atoms with Crippen LogP contribution in [0.4, 0.5) is 4.39 Å². The van der Waals surface area contributed by atoms with Gasteiger partial charge in [0.1, 0.15) is 6.17 Å². The van der Waals surface area contributed by atoms with Gasteiger partial charge in [-0.25, -0.2) is 4.39 Å². The first-order chi connectivity index (χ1) is 9.29. The Hall–Kier alpha value is -1.91. The van der Waals surface area contributed by atoms with E-state index in [4.69, 9.17) is 4.74 Å². The van der Waals surface area contributed by atoms with E-state index < -0.39 is 39.4 Å². The fraction of sp³-hybridized carbons (Fsp3) is 1.00. The lowest BCUT2D eigenvalue weighted by Crippen LogP contribution is -2.57. The van der Waals surface area contributed by atoms with Gasteiger partial charge in [0.05, 0.1) is 6.10 Å². The molecule has 4 atom stereocenters. The molecule has 10 nitrogen and oxygen atoms in total. The van der Waals surface area contributed by atoms with Gasteiger partial charge in [0.2, 0.25) is 0 Å². The zero-order chi connectivity index (χ0) is 15.1. The normalized spacial score (nSPS) is 32.2. The van der Waals surface area contributed by atoms with Crippen LogP contribution in [0.3, 0.4) is 0 Å². The van der Waals surface area contributed by atoms with Crippen LogP contribution in [0.1, 0.15) is 19.3 Å². The second-order valence-electron chi connectivity index (χ2n) is 5.14. The summed E-state index contributed by atoms with van der Waals surface area (Å²) >= 11 is 0. The number of hydrogen-bond acceptors (Lipinski definition) is 7. The maximum atomic E-state index is 13.3. The zero-order valence-corrected chi connectivity index (χ0v) is 10.2. The van der Waals surface area contributed by atoms with E-state index in [1.807, 2.05) is 0 Å². The minimum absolute atomic E-state index is 0.182. The first-order valence-corrected chi connectivity index (χ1v) is 5.98. The lowest BCUT2D eigenvalue weighted by Gasteiger charge is -2.23. The highest BCUT2D eigenvalue weighted by molar-refractivity contribution is 4.96. The molecule has 11 heteroatoms. The number of hydrogen-bond donors (Lipinski definition) is 0. The molecule has 0 unspecified atom stereocenters. The molecule has 0 aromatic heterocycles. The number of halogens is 1. The van der Waals surface area contributed by atoms with E-state index in [9.17, 15) is 34.7 Å². The van der Waals surface area contributed by atoms with Crippen LogP contribution in [-0.2, 0) is 4.74 Å². The fourth-order valence-corrected chi connectivity index (χ4v) is 2.93. The van der Waals surface area contributed by atoms with E-state index in [2.05, 4.69) is 0 Å². The third kappa shape index (κ3) is 2.07. The van der Waals surface area contributed by atoms with Crippen LogP contribution >= 0.6 is 0 Å². The van der Waals surface area contributed by atoms with Crippen LogP contribution in [0.25, 0.3) is 0 Å². The van der Waals surface area contributed by atoms with Crippen molar-refractivity contribution in [1.82, 2.24) is 0 Å². The maximum Gasteiger partial charge on any atom is 0.723 e. The van der Waals surface area contributed by atoms with E-state index in [1.54, 1.807) is 0 Å². The van der Waals surface area contributed by atoms with Gasteiger partial charge in [-0.15, -0.1) is 0 Å². The molecule has 2 aliphatic carbocycles. The van der Waals surface area contributed by atoms with Crippen LogP contribution in [0, 0.1) is 42.2 Å². The lowest BCUT2D eigenvalue weighted by molar-refractivity contribution is -0.970. The summed E-state index contributed by atoms with van der Waals surface area (Å²) in [6, 6.07) is 0. The Morgan fingerprint density at radius 3 is 1.90 bits per heavy atom. The van der Waals surface area contributed by atoms with Gasteiger partial charge in [0.25, 0.3) is 6.61 Å². The number of ether oxygens (including phenoxy) is 1. The first kappa shape index (κ1) is 14.5. The molecule has 20 heavy (non-hydrogen) atoms. The molecule has 0 radical (unpaired) electrons. The largest absolute Gasteiger partial charge is 0.723 e. The molecule has 0 aromatic carbocycles. The van der Waals surface area contributed by atoms with Crippen LogP contribution in [-0.4, -0.2) is 39.4 Å². The van der Waals surface area contributed by atoms with E-state index in [-0.39, 0.29) is 24.7 Å². The fourth-order valence-electron chi connectivity index (χ4n) is 2.93. The third-order valence-electron chi connectivity index (χ3n) is 4.07. The molecule has 112 valence electrons. The molecule has 2 rings (SSSR count). The minimum atomic E-state index is -3.60. The van der Waals surface area contributed by atoms with Crippen LogP contribution < -0.4 is 0 Å². The topological polar surface area (TPSA) is 139 Å². The van der Waals surface area contributed by atoms with Crippen molar-refractivity contribution >= 4 is 0 Å². The molecule has 2 aliphatic rings. The van der Waals surface area contributed by atoms with Crippen molar-refractivity contribution in [2.45, 2.75) is 37.3 Å². The number of nitrogens with zero attached hydrogens (tertiary/aromatic N) is 3. The van der Waals surface area contributed by atoms with Gasteiger partial charge in [0.15, 0.2) is 14.8 Å². The van der Waals surface area contributed by atoms with E-state index >= 15 is 0 Å². The van der Waals surface area contributed by atoms with Gasteiger partial charge in [-0.2, -0.15) is 0 Å². The molecule has 0 heterocycles. The van der Waals surface area contributed by atoms with Gasteiger partial charge < -0.3 is 4.74 Å². The van der Waals surface area contributed by atoms with Crippen molar-refractivity contribution < 1.29 is 23.9 Å². The number of rotatable bonds is 6. The summed E-state index contributed by atoms with van der Waals surface area (Å²) in [5, 5.41) is 32.1. The van der Waals surface area contributed by atoms with Crippen molar-refractivity contribution in [2.75, 3.05) is 6.61 Å². The Bertz CT molecular complexity index is 421. The Morgan fingerprint density at radius 1 is 1.00 bits per heavy atom. The van der Waals surface area contributed by atoms with Crippen LogP contribution in [0.15, 0.2) is 0 Å². The zero-order valence-electron chi connectivity index (χ0n) is 10.2. The number of nitro groups is 3. The predicted octanol–water partition coefficient (Wildman–Crippen LogP) is 0.623. The van der Waals surface area contributed by atoms with Gasteiger partial charge in [-0.05, 0) is 31.1 Å². The molecule has 0 amide bonds. The van der Waals surface area contributed by atoms with Gasteiger partial charge in [0, 0.05) is 0 Å². The van der Waals surface area contributed by atoms with E-state index in [0.717, 1.165) is 0 Å². The summed E-state index contributed by atoms with van der Waals surface area (Å²) in [6.45, 7) is -1.26. The second kappa shape index (κ2) is 4.89. The Labute approximate surface area is 111 Å². The highest BCUT2D eigenvalue weighted by Gasteiger charge is 2.71. The molecule has 0 aliphatic heterocycles. The average molecular weight is 293 g/mol. The molecule has 2 fully saturated rings. The summed E-state index contributed by atoms with van der Waals surface area (Å²) in [6.07, 6.45) is -0.474. The van der Waals surface area contributed by atoms with Crippen molar-refractivity contribution in [3.05, 3.63) is 30.3 Å². The van der Waals surface area contributed by atoms with Gasteiger partial charge in [-0.1, -0.05) is 0 Å². The van der Waals surface area contributed by atoms with Crippen molar-refractivity contribution in [3.63, 3.8) is 0 Å². The van der Waals surface area contributed by atoms with Crippen molar-refractivity contribution in [1.29, 1.82) is 0 Å². The molecule has 2 bridgehead atoms. The highest BCUT2D eigenvalue weighted by atomic mass is 19.1. The Kier molecular flexibility index (Phi) is 3.54. The number of alkyl halides is 1. The molecule has 2 saturated carbocycles. The SMILES string of the molecule is O=[N+]([O-])C(CO[C@H]1C[C@H]2C[C@@H]1C[C@@H]2F)([N+](=O)[O-])[N+](=O)[O-]. The maximum absolute atomic E-state index is 13.3. The molecule has 0 saturated heterocycles. The molecule has 0 N–H and O–H groups in total. The number of fused-ring (bicyclic) bond motifs is 2. The smallest absolute Gasteiger partial charge is 0.356 e. The quantitative estimate of drug-likeness (QED) is 0.397. The third-order valence-corrected chi connectivity index (χ3v) is 4.07. The van der Waals surface area contributed by atoms with E-state index in [1.165, 1.54) is 0 Å². The minimum Gasteiger partial charge on any atom is -0.356 e. The summed E-state index contributed by atoms with van der Waals surface area (Å²) in [7, 11) is 0. The van der Waals surface area contributed by atoms with Crippen molar-refractivity contribution in [3.8, 4) is 0 Å². The Balaban J connectivity index is 2.06. The molecular weight excluding hydrogens is 281 g/mol. The van der Waals surface area contributed by atoms with Crippen molar-refractivity contribution in [2.24, 2.45) is 11.8 Å². The van der Waals surface area contributed by atoms with Crippen LogP contribution in [0.2, 0.25) is 0 Å². The molecule has 0 aromatic rings. The highest BCUT2D eigenvalue weighted by Crippen LogP contribution is 2.47. The summed E-state index contributed by atoms with van der Waals surface area (Å²) < 4.78 is 18.3. The summed E-state index contributed by atoms with van der Waals surface area (Å²) in [4.78, 5) is 27.4. The van der Waals surface area contributed by atoms with Gasteiger partial charge in [-0.3, -0.25) is 30.3 Å². The monoisotopic (exact) mass is 293 g/mol. The average Bonchev–Trinajstić information content (AvgIpc) is 2.87. The molecular formula is C9H12FN3O7. The second-order valence-corrected chi connectivity index (χ2v) is 5.14. The lowest BCUT2D eigenvalue weighted by atomic mass is 9.96. The standard InChI is InChI=1S/C9H12FN3O7/c10-7-2-6-1-5(7)3-8(6)20-4-9(11(14)15,12(16)17)13(18)19/h5-8H,1-4H2/t5-,6-,7+,8+/m1/s1. The predicted molar refractivity (Wildman–Crippen MR) is 59.2 cm³/mol. The summed E-state index contributed by atoms with van der Waals surface area (Å²) in [5.41, 5.74) is 0. The summed E-state index contributed by atoms with van der Waals surface area (Å²) in [5.74, 6) is -4.00. The molecule has 0 spiro atoms. The van der Waals surface area contributed by atoms with E-state index in [0.29, 0.717) is 6.42 Å². The first-order valence-electron chi connectivity index (χ1n) is 5.98.